The number of rotatable bonds is 6. The Hall–Kier alpha value is -1.43. The molecule has 132 valence electrons. The number of aryl methyl sites for hydroxylation is 1. The third kappa shape index (κ3) is 3.08. The second kappa shape index (κ2) is 6.14. The van der Waals surface area contributed by atoms with E-state index < -0.39 is 0 Å². The van der Waals surface area contributed by atoms with Crippen LogP contribution in [-0.2, 0) is 16.0 Å². The van der Waals surface area contributed by atoms with Crippen LogP contribution in [0, 0.1) is 17.8 Å². The lowest BCUT2D eigenvalue weighted by Crippen LogP contribution is -2.59. The third-order valence-corrected chi connectivity index (χ3v) is 6.21. The number of hydrogen-bond acceptors (Lipinski definition) is 5. The molecule has 0 unspecified atom stereocenters. The van der Waals surface area contributed by atoms with E-state index in [0.717, 1.165) is 17.8 Å². The molecule has 4 saturated carbocycles. The molecule has 6 nitrogen and oxygen atoms in total. The van der Waals surface area contributed by atoms with Gasteiger partial charge in [-0.25, -0.2) is 0 Å². The molecule has 0 spiro atoms. The minimum absolute atomic E-state index is 0.0798. The SMILES string of the molecule is CO[C@@H](C)c1noc(CCC(=O)NC23CC4CC(CC(C4)C2)C3)n1. The topological polar surface area (TPSA) is 77.2 Å². The average molecular weight is 333 g/mol. The van der Waals surface area contributed by atoms with E-state index >= 15 is 0 Å². The minimum atomic E-state index is -0.191. The molecule has 4 bridgehead atoms. The van der Waals surface area contributed by atoms with Crippen LogP contribution in [0.5, 0.6) is 0 Å². The zero-order chi connectivity index (χ0) is 16.7. The first-order valence-corrected chi connectivity index (χ1v) is 9.21. The zero-order valence-corrected chi connectivity index (χ0v) is 14.6. The number of amides is 1. The van der Waals surface area contributed by atoms with Crippen molar-refractivity contribution in [1.82, 2.24) is 15.5 Å². The quantitative estimate of drug-likeness (QED) is 0.866. The molecule has 1 heterocycles. The summed E-state index contributed by atoms with van der Waals surface area (Å²) >= 11 is 0. The van der Waals surface area contributed by atoms with Crippen LogP contribution in [0.25, 0.3) is 0 Å². The summed E-state index contributed by atoms with van der Waals surface area (Å²) in [6, 6.07) is 0. The Kier molecular flexibility index (Phi) is 4.11. The summed E-state index contributed by atoms with van der Waals surface area (Å²) in [4.78, 5) is 16.8. The highest BCUT2D eigenvalue weighted by Crippen LogP contribution is 2.55. The summed E-state index contributed by atoms with van der Waals surface area (Å²) in [5, 5.41) is 7.28. The van der Waals surface area contributed by atoms with Gasteiger partial charge in [0.2, 0.25) is 11.8 Å². The van der Waals surface area contributed by atoms with E-state index in [4.69, 9.17) is 9.26 Å². The fourth-order valence-electron chi connectivity index (χ4n) is 5.48. The fraction of sp³-hybridized carbons (Fsp3) is 0.833. The highest BCUT2D eigenvalue weighted by atomic mass is 16.5. The number of carbonyl (C=O) groups is 1. The van der Waals surface area contributed by atoms with E-state index in [-0.39, 0.29) is 17.6 Å². The second-order valence-electron chi connectivity index (χ2n) is 8.17. The van der Waals surface area contributed by atoms with Gasteiger partial charge in [-0.1, -0.05) is 5.16 Å². The number of carbonyl (C=O) groups excluding carboxylic acids is 1. The number of hydrogen-bond donors (Lipinski definition) is 1. The maximum atomic E-state index is 12.5. The molecule has 1 amide bonds. The van der Waals surface area contributed by atoms with Crippen molar-refractivity contribution in [1.29, 1.82) is 0 Å². The molecule has 1 atom stereocenters. The van der Waals surface area contributed by atoms with Crippen molar-refractivity contribution in [3.05, 3.63) is 11.7 Å². The summed E-state index contributed by atoms with van der Waals surface area (Å²) in [6.45, 7) is 1.87. The summed E-state index contributed by atoms with van der Waals surface area (Å²) in [7, 11) is 1.61. The van der Waals surface area contributed by atoms with Crippen molar-refractivity contribution < 1.29 is 14.1 Å². The summed E-state index contributed by atoms with van der Waals surface area (Å²) in [5.74, 6) is 3.68. The molecule has 6 heteroatoms. The van der Waals surface area contributed by atoms with Crippen molar-refractivity contribution >= 4 is 5.91 Å². The Morgan fingerprint density at radius 2 is 1.92 bits per heavy atom. The van der Waals surface area contributed by atoms with Crippen LogP contribution in [0.3, 0.4) is 0 Å². The lowest BCUT2D eigenvalue weighted by atomic mass is 9.53. The van der Waals surface area contributed by atoms with Crippen molar-refractivity contribution in [2.24, 2.45) is 17.8 Å². The van der Waals surface area contributed by atoms with Gasteiger partial charge in [0.05, 0.1) is 0 Å². The lowest BCUT2D eigenvalue weighted by molar-refractivity contribution is -0.126. The molecule has 0 radical (unpaired) electrons. The molecule has 5 rings (SSSR count). The van der Waals surface area contributed by atoms with Gasteiger partial charge >= 0.3 is 0 Å². The number of ether oxygens (including phenoxy) is 1. The number of nitrogens with zero attached hydrogens (tertiary/aromatic N) is 2. The normalized spacial score (nSPS) is 35.2. The van der Waals surface area contributed by atoms with Crippen LogP contribution in [0.1, 0.15) is 69.7 Å². The Morgan fingerprint density at radius 1 is 1.29 bits per heavy atom. The zero-order valence-electron chi connectivity index (χ0n) is 14.6. The maximum absolute atomic E-state index is 12.5. The largest absolute Gasteiger partial charge is 0.374 e. The Labute approximate surface area is 142 Å². The van der Waals surface area contributed by atoms with Crippen LogP contribution in [0.2, 0.25) is 0 Å². The van der Waals surface area contributed by atoms with Crippen LogP contribution >= 0.6 is 0 Å². The molecule has 0 saturated heterocycles. The Bertz CT molecular complexity index is 577. The highest BCUT2D eigenvalue weighted by molar-refractivity contribution is 5.77. The van der Waals surface area contributed by atoms with Gasteiger partial charge in [-0.3, -0.25) is 4.79 Å². The van der Waals surface area contributed by atoms with Gasteiger partial charge in [0.1, 0.15) is 6.10 Å². The van der Waals surface area contributed by atoms with E-state index in [0.29, 0.717) is 24.6 Å². The standard InChI is InChI=1S/C18H27N3O3/c1-11(23-2)17-19-16(24-21-17)4-3-15(22)20-18-8-12-5-13(9-18)7-14(6-12)10-18/h11-14H,3-10H2,1-2H3,(H,20,22)/t11-,12?,13?,14?,18?/m0/s1. The van der Waals surface area contributed by atoms with Crippen molar-refractivity contribution in [3.63, 3.8) is 0 Å². The van der Waals surface area contributed by atoms with Gasteiger partial charge in [-0.2, -0.15) is 4.98 Å². The van der Waals surface area contributed by atoms with E-state index in [9.17, 15) is 4.79 Å². The Balaban J connectivity index is 1.32. The first-order chi connectivity index (χ1) is 11.5. The first-order valence-electron chi connectivity index (χ1n) is 9.21. The van der Waals surface area contributed by atoms with Crippen LogP contribution in [-0.4, -0.2) is 28.7 Å². The highest BCUT2D eigenvalue weighted by Gasteiger charge is 2.51. The van der Waals surface area contributed by atoms with Gasteiger partial charge < -0.3 is 14.6 Å². The van der Waals surface area contributed by atoms with Crippen LogP contribution in [0.4, 0.5) is 0 Å². The Morgan fingerprint density at radius 3 is 2.50 bits per heavy atom. The smallest absolute Gasteiger partial charge is 0.227 e. The monoisotopic (exact) mass is 333 g/mol. The molecule has 24 heavy (non-hydrogen) atoms. The van der Waals surface area contributed by atoms with E-state index in [1.165, 1.54) is 38.5 Å². The third-order valence-electron chi connectivity index (χ3n) is 6.21. The average Bonchev–Trinajstić information content (AvgIpc) is 2.99. The van der Waals surface area contributed by atoms with E-state index in [1.54, 1.807) is 7.11 Å². The molecular weight excluding hydrogens is 306 g/mol. The molecule has 4 aliphatic carbocycles. The fourth-order valence-corrected chi connectivity index (χ4v) is 5.48. The van der Waals surface area contributed by atoms with Gasteiger partial charge in [0.25, 0.3) is 0 Å². The number of nitrogens with one attached hydrogen (secondary N) is 1. The summed E-state index contributed by atoms with van der Waals surface area (Å²) in [5.41, 5.74) is 0.0798. The minimum Gasteiger partial charge on any atom is -0.374 e. The predicted octanol–water partition coefficient (Wildman–Crippen LogP) is 2.79. The predicted molar refractivity (Wildman–Crippen MR) is 87.1 cm³/mol. The van der Waals surface area contributed by atoms with E-state index in [1.807, 2.05) is 6.92 Å². The first kappa shape index (κ1) is 16.1. The van der Waals surface area contributed by atoms with Crippen molar-refractivity contribution in [2.45, 2.75) is 69.9 Å². The second-order valence-corrected chi connectivity index (χ2v) is 8.17. The van der Waals surface area contributed by atoms with Crippen molar-refractivity contribution in [2.75, 3.05) is 7.11 Å². The van der Waals surface area contributed by atoms with Gasteiger partial charge in [-0.15, -0.1) is 0 Å². The summed E-state index contributed by atoms with van der Waals surface area (Å²) in [6.07, 6.45) is 8.41. The van der Waals surface area contributed by atoms with Crippen LogP contribution < -0.4 is 5.32 Å². The van der Waals surface area contributed by atoms with Crippen LogP contribution in [0.15, 0.2) is 4.52 Å². The van der Waals surface area contributed by atoms with Crippen molar-refractivity contribution in [3.8, 4) is 0 Å². The molecule has 1 aromatic heterocycles. The summed E-state index contributed by atoms with van der Waals surface area (Å²) < 4.78 is 10.4. The number of methoxy groups -OCH3 is 1. The molecule has 4 aliphatic rings. The van der Waals surface area contributed by atoms with Gasteiger partial charge in [0.15, 0.2) is 5.82 Å². The molecule has 0 aliphatic heterocycles. The van der Waals surface area contributed by atoms with Gasteiger partial charge in [-0.05, 0) is 63.2 Å². The molecular formula is C18H27N3O3. The van der Waals surface area contributed by atoms with Gasteiger partial charge in [0, 0.05) is 25.5 Å². The maximum Gasteiger partial charge on any atom is 0.227 e. The molecule has 1 N–H and O–H groups in total. The lowest BCUT2D eigenvalue weighted by Gasteiger charge is -2.56. The molecule has 1 aromatic rings. The molecule has 4 fully saturated rings. The van der Waals surface area contributed by atoms with E-state index in [2.05, 4.69) is 15.5 Å². The number of aromatic nitrogens is 2. The molecule has 0 aromatic carbocycles.